The van der Waals surface area contributed by atoms with E-state index in [-0.39, 0.29) is 23.0 Å². The van der Waals surface area contributed by atoms with Gasteiger partial charge in [0.05, 0.1) is 25.8 Å². The molecule has 0 unspecified atom stereocenters. The Morgan fingerprint density at radius 2 is 1.71 bits per heavy atom. The predicted octanol–water partition coefficient (Wildman–Crippen LogP) is 5.86. The summed E-state index contributed by atoms with van der Waals surface area (Å²) in [5.74, 6) is 2.70. The summed E-state index contributed by atoms with van der Waals surface area (Å²) in [4.78, 5) is 0. The van der Waals surface area contributed by atoms with Crippen LogP contribution in [0.25, 0.3) is 23.1 Å². The number of aliphatic hydroxyl groups excluding tert-OH is 1. The summed E-state index contributed by atoms with van der Waals surface area (Å²) in [6.07, 6.45) is 8.41. The summed E-state index contributed by atoms with van der Waals surface area (Å²) in [7, 11) is 5.45. The zero-order valence-electron chi connectivity index (χ0n) is 21.0. The lowest BCUT2D eigenvalue weighted by atomic mass is 9.57. The summed E-state index contributed by atoms with van der Waals surface area (Å²) >= 11 is 0. The molecule has 5 heteroatoms. The maximum atomic E-state index is 10.7. The maximum absolute atomic E-state index is 10.7. The lowest BCUT2D eigenvalue weighted by molar-refractivity contribution is -0.138. The van der Waals surface area contributed by atoms with Crippen molar-refractivity contribution in [3.8, 4) is 17.2 Å². The van der Waals surface area contributed by atoms with E-state index >= 15 is 0 Å². The number of hydrogen-bond acceptors (Lipinski definition) is 4. The second kappa shape index (κ2) is 8.09. The van der Waals surface area contributed by atoms with Gasteiger partial charge in [-0.05, 0) is 78.6 Å². The Hall–Kier alpha value is -2.92. The summed E-state index contributed by atoms with van der Waals surface area (Å²) < 4.78 is 20.2. The van der Waals surface area contributed by atoms with Crippen molar-refractivity contribution in [1.29, 1.82) is 0 Å². The summed E-state index contributed by atoms with van der Waals surface area (Å²) in [6.45, 7) is 6.53. The number of nitrogens with zero attached hydrogens (tertiary/aromatic N) is 1. The molecule has 2 aromatic carbocycles. The van der Waals surface area contributed by atoms with Crippen molar-refractivity contribution in [2.75, 3.05) is 14.2 Å². The highest BCUT2D eigenvalue weighted by Crippen LogP contribution is 2.55. The molecule has 1 aromatic heterocycles. The van der Waals surface area contributed by atoms with Crippen molar-refractivity contribution in [3.63, 3.8) is 0 Å². The van der Waals surface area contributed by atoms with Crippen LogP contribution < -0.4 is 14.2 Å². The number of benzene rings is 2. The van der Waals surface area contributed by atoms with Crippen LogP contribution in [0.5, 0.6) is 17.2 Å². The Morgan fingerprint density at radius 3 is 2.41 bits per heavy atom. The third-order valence-electron chi connectivity index (χ3n) is 8.22. The lowest BCUT2D eigenvalue weighted by Gasteiger charge is -2.55. The number of fused-ring (bicyclic) bond motifs is 3. The number of rotatable bonds is 4. The van der Waals surface area contributed by atoms with Gasteiger partial charge in [0.1, 0.15) is 11.4 Å². The van der Waals surface area contributed by atoms with Crippen LogP contribution in [0.15, 0.2) is 36.5 Å². The third kappa shape index (κ3) is 3.58. The fourth-order valence-electron chi connectivity index (χ4n) is 6.06. The van der Waals surface area contributed by atoms with E-state index in [1.165, 1.54) is 0 Å². The number of aryl methyl sites for hydroxylation is 1. The average Bonchev–Trinajstić information content (AvgIpc) is 3.19. The van der Waals surface area contributed by atoms with Crippen molar-refractivity contribution in [3.05, 3.63) is 53.2 Å². The second-order valence-electron chi connectivity index (χ2n) is 10.7. The van der Waals surface area contributed by atoms with Crippen LogP contribution in [0.2, 0.25) is 0 Å². The monoisotopic (exact) mass is 461 g/mol. The van der Waals surface area contributed by atoms with Crippen molar-refractivity contribution in [2.24, 2.45) is 18.4 Å². The van der Waals surface area contributed by atoms with Gasteiger partial charge in [-0.2, -0.15) is 0 Å². The molecule has 1 aliphatic heterocycles. The Morgan fingerprint density at radius 1 is 1.03 bits per heavy atom. The largest absolute Gasteiger partial charge is 0.496 e. The van der Waals surface area contributed by atoms with Crippen molar-refractivity contribution < 1.29 is 19.3 Å². The van der Waals surface area contributed by atoms with Gasteiger partial charge in [0.25, 0.3) is 0 Å². The third-order valence-corrected chi connectivity index (χ3v) is 8.22. The van der Waals surface area contributed by atoms with Gasteiger partial charge >= 0.3 is 0 Å². The van der Waals surface area contributed by atoms with Crippen LogP contribution in [-0.2, 0) is 13.5 Å². The second-order valence-corrected chi connectivity index (χ2v) is 10.7. The Bertz CT molecular complexity index is 1270. The fraction of sp³-hybridized carbons (Fsp3) is 0.448. The van der Waals surface area contributed by atoms with Gasteiger partial charge in [0.15, 0.2) is 11.5 Å². The van der Waals surface area contributed by atoms with E-state index in [4.69, 9.17) is 14.2 Å². The van der Waals surface area contributed by atoms with Crippen LogP contribution in [0.1, 0.15) is 50.3 Å². The van der Waals surface area contributed by atoms with Gasteiger partial charge in [0, 0.05) is 24.5 Å². The molecule has 1 saturated carbocycles. The van der Waals surface area contributed by atoms with Gasteiger partial charge in [-0.15, -0.1) is 0 Å². The molecule has 0 spiro atoms. The van der Waals surface area contributed by atoms with Gasteiger partial charge in [0.2, 0.25) is 0 Å². The van der Waals surface area contributed by atoms with Gasteiger partial charge in [-0.25, -0.2) is 0 Å². The highest BCUT2D eigenvalue weighted by atomic mass is 16.5. The van der Waals surface area contributed by atoms with Crippen LogP contribution in [-0.4, -0.2) is 35.6 Å². The Kier molecular flexibility index (Phi) is 5.44. The van der Waals surface area contributed by atoms with E-state index in [9.17, 15) is 5.11 Å². The van der Waals surface area contributed by atoms with E-state index in [1.807, 2.05) is 19.3 Å². The minimum absolute atomic E-state index is 0.217. The lowest BCUT2D eigenvalue weighted by Crippen LogP contribution is -2.58. The molecule has 34 heavy (non-hydrogen) atoms. The van der Waals surface area contributed by atoms with Gasteiger partial charge in [-0.1, -0.05) is 26.0 Å². The number of aromatic nitrogens is 1. The van der Waals surface area contributed by atoms with Crippen molar-refractivity contribution in [1.82, 2.24) is 4.57 Å². The highest BCUT2D eigenvalue weighted by Gasteiger charge is 2.54. The van der Waals surface area contributed by atoms with Crippen LogP contribution >= 0.6 is 0 Å². The number of methoxy groups -OCH3 is 2. The van der Waals surface area contributed by atoms with E-state index in [1.54, 1.807) is 14.2 Å². The zero-order chi connectivity index (χ0) is 24.3. The molecule has 2 aliphatic rings. The molecule has 5 nitrogen and oxygen atoms in total. The van der Waals surface area contributed by atoms with Gasteiger partial charge < -0.3 is 23.9 Å². The molecule has 3 atom stereocenters. The average molecular weight is 462 g/mol. The molecule has 0 bridgehead atoms. The molecule has 2 heterocycles. The number of aliphatic hydroxyl groups is 1. The number of hydrogen-bond donors (Lipinski definition) is 1. The van der Waals surface area contributed by atoms with Crippen molar-refractivity contribution in [2.45, 2.75) is 51.7 Å². The molecule has 5 rings (SSSR count). The first kappa shape index (κ1) is 22.9. The van der Waals surface area contributed by atoms with E-state index < -0.39 is 0 Å². The first-order valence-corrected chi connectivity index (χ1v) is 12.1. The minimum Gasteiger partial charge on any atom is -0.496 e. The SMILES string of the molecule is COc1cc(C=Cc2cc(OC)c3ccn(C)c3c2)cc2c1O[C@]1(C)CC[C@@H](O)C(C)(C)[C@H]1C2. The molecule has 0 saturated heterocycles. The van der Waals surface area contributed by atoms with E-state index in [0.29, 0.717) is 0 Å². The summed E-state index contributed by atoms with van der Waals surface area (Å²) in [5.41, 5.74) is 3.88. The van der Waals surface area contributed by atoms with Crippen LogP contribution in [0.4, 0.5) is 0 Å². The van der Waals surface area contributed by atoms with Gasteiger partial charge in [-0.3, -0.25) is 0 Å². The summed E-state index contributed by atoms with van der Waals surface area (Å²) in [5, 5.41) is 11.8. The first-order chi connectivity index (χ1) is 16.2. The minimum atomic E-state index is -0.317. The molecular weight excluding hydrogens is 426 g/mol. The quantitative estimate of drug-likeness (QED) is 0.495. The van der Waals surface area contributed by atoms with E-state index in [0.717, 1.165) is 64.1 Å². The molecule has 1 aliphatic carbocycles. The topological polar surface area (TPSA) is 52.9 Å². The molecule has 1 fully saturated rings. The highest BCUT2D eigenvalue weighted by molar-refractivity contribution is 5.90. The predicted molar refractivity (Wildman–Crippen MR) is 137 cm³/mol. The zero-order valence-corrected chi connectivity index (χ0v) is 21.0. The maximum Gasteiger partial charge on any atom is 0.165 e. The molecule has 1 N–H and O–H groups in total. The van der Waals surface area contributed by atoms with E-state index in [2.05, 4.69) is 61.8 Å². The standard InChI is InChI=1S/C29H35NO4/c1-28(2)25-17-20-13-18(16-24(33-6)27(20)34-29(25,3)11-9-26(28)31)7-8-19-14-22-21(10-12-30(22)4)23(15-19)32-5/h7-8,10,12-16,25-26,31H,9,11,17H2,1-6H3/t25-,26-,29-/m1/s1. The molecule has 0 radical (unpaired) electrons. The molecule has 180 valence electrons. The molecular formula is C29H35NO4. The fourth-order valence-corrected chi connectivity index (χ4v) is 6.06. The molecule has 3 aromatic rings. The first-order valence-electron chi connectivity index (χ1n) is 12.1. The summed E-state index contributed by atoms with van der Waals surface area (Å²) in [6, 6.07) is 10.6. The normalized spacial score (nSPS) is 25.6. The Balaban J connectivity index is 1.52. The van der Waals surface area contributed by atoms with Crippen LogP contribution in [0.3, 0.4) is 0 Å². The Labute approximate surface area is 201 Å². The van der Waals surface area contributed by atoms with Crippen LogP contribution in [0, 0.1) is 11.3 Å². The smallest absolute Gasteiger partial charge is 0.165 e. The van der Waals surface area contributed by atoms with Crippen molar-refractivity contribution >= 4 is 23.1 Å². The molecule has 0 amide bonds. The number of ether oxygens (including phenoxy) is 3.